The first-order valence-corrected chi connectivity index (χ1v) is 6.72. The van der Waals surface area contributed by atoms with Crippen molar-refractivity contribution in [2.24, 2.45) is 0 Å². The molecular formula is C15H13BrFNO2. The van der Waals surface area contributed by atoms with E-state index in [0.29, 0.717) is 21.3 Å². The Labute approximate surface area is 124 Å². The third-order valence-electron chi connectivity index (χ3n) is 2.91. The smallest absolute Gasteiger partial charge is 0.168 e. The number of nitrogens with two attached hydrogens (primary N) is 1. The van der Waals surface area contributed by atoms with E-state index in [-0.39, 0.29) is 18.0 Å². The summed E-state index contributed by atoms with van der Waals surface area (Å²) in [7, 11) is 1.39. The monoisotopic (exact) mass is 337 g/mol. The Morgan fingerprint density at radius 2 is 2.10 bits per heavy atom. The Balaban J connectivity index is 2.30. The summed E-state index contributed by atoms with van der Waals surface area (Å²) in [6.45, 7) is 0. The lowest BCUT2D eigenvalue weighted by atomic mass is 10.0. The molecule has 0 aliphatic heterocycles. The average Bonchev–Trinajstić information content (AvgIpc) is 2.43. The van der Waals surface area contributed by atoms with Crippen LogP contribution < -0.4 is 10.5 Å². The summed E-state index contributed by atoms with van der Waals surface area (Å²) in [6.07, 6.45) is -0.0505. The van der Waals surface area contributed by atoms with E-state index in [4.69, 9.17) is 10.5 Å². The molecule has 0 bridgehead atoms. The largest absolute Gasteiger partial charge is 0.494 e. The van der Waals surface area contributed by atoms with Crippen molar-refractivity contribution in [2.45, 2.75) is 6.42 Å². The number of hydrogen-bond acceptors (Lipinski definition) is 3. The normalized spacial score (nSPS) is 10.3. The number of anilines is 1. The maximum atomic E-state index is 14.0. The van der Waals surface area contributed by atoms with Crippen molar-refractivity contribution in [1.29, 1.82) is 0 Å². The average molecular weight is 338 g/mol. The first-order valence-electron chi connectivity index (χ1n) is 5.92. The molecule has 2 aromatic rings. The minimum absolute atomic E-state index is 0.0505. The third-order valence-corrected chi connectivity index (χ3v) is 3.60. The van der Waals surface area contributed by atoms with Gasteiger partial charge in [0.1, 0.15) is 0 Å². The highest BCUT2D eigenvalue weighted by Gasteiger charge is 2.15. The maximum Gasteiger partial charge on any atom is 0.168 e. The quantitative estimate of drug-likeness (QED) is 0.685. The van der Waals surface area contributed by atoms with Crippen LogP contribution in [0.1, 0.15) is 15.9 Å². The molecule has 2 aromatic carbocycles. The Hall–Kier alpha value is -1.88. The Bertz CT molecular complexity index is 658. The number of ketones is 1. The molecule has 0 aliphatic rings. The highest BCUT2D eigenvalue weighted by atomic mass is 79.9. The molecule has 0 atom stereocenters. The van der Waals surface area contributed by atoms with Crippen molar-refractivity contribution >= 4 is 27.4 Å². The van der Waals surface area contributed by atoms with Crippen molar-refractivity contribution in [2.75, 3.05) is 12.8 Å². The van der Waals surface area contributed by atoms with Gasteiger partial charge in [-0.05, 0) is 29.8 Å². The number of nitrogen functional groups attached to an aromatic ring is 1. The van der Waals surface area contributed by atoms with E-state index >= 15 is 0 Å². The van der Waals surface area contributed by atoms with Crippen molar-refractivity contribution < 1.29 is 13.9 Å². The van der Waals surface area contributed by atoms with Crippen LogP contribution in [0.2, 0.25) is 0 Å². The molecule has 0 fully saturated rings. The number of carbonyl (C=O) groups excluding carboxylic acids is 1. The molecule has 0 aromatic heterocycles. The zero-order valence-corrected chi connectivity index (χ0v) is 12.4. The molecule has 3 nitrogen and oxygen atoms in total. The molecule has 0 aliphatic carbocycles. The van der Waals surface area contributed by atoms with Gasteiger partial charge in [-0.15, -0.1) is 0 Å². The van der Waals surface area contributed by atoms with Gasteiger partial charge < -0.3 is 10.5 Å². The molecule has 0 heterocycles. The summed E-state index contributed by atoms with van der Waals surface area (Å²) in [6, 6.07) is 9.69. The summed E-state index contributed by atoms with van der Waals surface area (Å²) in [4.78, 5) is 12.2. The van der Waals surface area contributed by atoms with E-state index in [2.05, 4.69) is 15.9 Å². The number of Topliss-reactive ketones (excluding diaryl/α,β-unsaturated/α-hetero) is 1. The molecule has 0 unspecified atom stereocenters. The van der Waals surface area contributed by atoms with Crippen LogP contribution in [0.5, 0.6) is 5.75 Å². The lowest BCUT2D eigenvalue weighted by Gasteiger charge is -2.08. The van der Waals surface area contributed by atoms with Crippen LogP contribution in [0, 0.1) is 5.82 Å². The Morgan fingerprint density at radius 3 is 2.80 bits per heavy atom. The van der Waals surface area contributed by atoms with Crippen LogP contribution in [0.4, 0.5) is 10.1 Å². The van der Waals surface area contributed by atoms with Crippen LogP contribution in [0.15, 0.2) is 40.9 Å². The predicted octanol–water partition coefficient (Wildman–Crippen LogP) is 3.60. The Kier molecular flexibility index (Phi) is 4.39. The summed E-state index contributed by atoms with van der Waals surface area (Å²) >= 11 is 3.30. The van der Waals surface area contributed by atoms with Crippen LogP contribution in [0.25, 0.3) is 0 Å². The summed E-state index contributed by atoms with van der Waals surface area (Å²) in [5.74, 6) is -0.596. The standard InChI is InChI=1S/C15H13BrFNO2/c1-20-14-4-2-3-9(15(14)17)7-13(19)11-8-10(18)5-6-12(11)16/h2-6,8H,7,18H2,1H3. The summed E-state index contributed by atoms with van der Waals surface area (Å²) in [5, 5.41) is 0. The second-order valence-corrected chi connectivity index (χ2v) is 5.13. The molecule has 0 spiro atoms. The highest BCUT2D eigenvalue weighted by molar-refractivity contribution is 9.10. The number of carbonyl (C=O) groups is 1. The number of hydrogen-bond donors (Lipinski definition) is 1. The van der Waals surface area contributed by atoms with Crippen molar-refractivity contribution in [3.63, 3.8) is 0 Å². The third kappa shape index (κ3) is 2.99. The van der Waals surface area contributed by atoms with Gasteiger partial charge in [-0.2, -0.15) is 0 Å². The van der Waals surface area contributed by atoms with Gasteiger partial charge in [-0.1, -0.05) is 28.1 Å². The number of methoxy groups -OCH3 is 1. The maximum absolute atomic E-state index is 14.0. The fourth-order valence-electron chi connectivity index (χ4n) is 1.88. The Morgan fingerprint density at radius 1 is 1.35 bits per heavy atom. The van der Waals surface area contributed by atoms with E-state index in [1.807, 2.05) is 0 Å². The van der Waals surface area contributed by atoms with Gasteiger partial charge >= 0.3 is 0 Å². The van der Waals surface area contributed by atoms with E-state index in [9.17, 15) is 9.18 Å². The van der Waals surface area contributed by atoms with Gasteiger partial charge in [-0.3, -0.25) is 4.79 Å². The highest BCUT2D eigenvalue weighted by Crippen LogP contribution is 2.24. The topological polar surface area (TPSA) is 52.3 Å². The van der Waals surface area contributed by atoms with Gasteiger partial charge in [0.15, 0.2) is 17.3 Å². The SMILES string of the molecule is COc1cccc(CC(=O)c2cc(N)ccc2Br)c1F. The van der Waals surface area contributed by atoms with Crippen LogP contribution in [0.3, 0.4) is 0 Å². The van der Waals surface area contributed by atoms with E-state index in [0.717, 1.165) is 0 Å². The molecular weight excluding hydrogens is 325 g/mol. The number of rotatable bonds is 4. The lowest BCUT2D eigenvalue weighted by Crippen LogP contribution is -2.07. The first-order chi connectivity index (χ1) is 9.52. The minimum Gasteiger partial charge on any atom is -0.494 e. The molecule has 0 saturated carbocycles. The number of halogens is 2. The molecule has 5 heteroatoms. The van der Waals surface area contributed by atoms with Crippen molar-refractivity contribution in [3.05, 3.63) is 57.8 Å². The second-order valence-electron chi connectivity index (χ2n) is 4.27. The van der Waals surface area contributed by atoms with Crippen LogP contribution in [-0.4, -0.2) is 12.9 Å². The molecule has 0 saturated heterocycles. The fraction of sp³-hybridized carbons (Fsp3) is 0.133. The van der Waals surface area contributed by atoms with Crippen LogP contribution in [-0.2, 0) is 6.42 Å². The summed E-state index contributed by atoms with van der Waals surface area (Å²) < 4.78 is 19.6. The van der Waals surface area contributed by atoms with Gasteiger partial charge in [-0.25, -0.2) is 4.39 Å². The van der Waals surface area contributed by atoms with E-state index < -0.39 is 5.82 Å². The van der Waals surface area contributed by atoms with Gasteiger partial charge in [0, 0.05) is 22.1 Å². The summed E-state index contributed by atoms with van der Waals surface area (Å²) in [5.41, 5.74) is 6.89. The lowest BCUT2D eigenvalue weighted by molar-refractivity contribution is 0.0991. The molecule has 2 rings (SSSR count). The van der Waals surface area contributed by atoms with Crippen LogP contribution >= 0.6 is 15.9 Å². The second kappa shape index (κ2) is 6.05. The van der Waals surface area contributed by atoms with Crippen molar-refractivity contribution in [1.82, 2.24) is 0 Å². The van der Waals surface area contributed by atoms with Crippen molar-refractivity contribution in [3.8, 4) is 5.75 Å². The fourth-order valence-corrected chi connectivity index (χ4v) is 2.34. The van der Waals surface area contributed by atoms with Gasteiger partial charge in [0.05, 0.1) is 7.11 Å². The number of ether oxygens (including phenoxy) is 1. The van der Waals surface area contributed by atoms with Gasteiger partial charge in [0.2, 0.25) is 0 Å². The zero-order chi connectivity index (χ0) is 14.7. The zero-order valence-electron chi connectivity index (χ0n) is 10.8. The minimum atomic E-state index is -0.511. The molecule has 0 radical (unpaired) electrons. The molecule has 2 N–H and O–H groups in total. The van der Waals surface area contributed by atoms with E-state index in [1.54, 1.807) is 30.3 Å². The first kappa shape index (κ1) is 14.5. The molecule has 104 valence electrons. The predicted molar refractivity (Wildman–Crippen MR) is 79.5 cm³/mol. The van der Waals surface area contributed by atoms with E-state index in [1.165, 1.54) is 13.2 Å². The molecule has 0 amide bonds. The molecule has 20 heavy (non-hydrogen) atoms. The van der Waals surface area contributed by atoms with Gasteiger partial charge in [0.25, 0.3) is 0 Å². The number of benzene rings is 2.